The van der Waals surface area contributed by atoms with Gasteiger partial charge in [0.2, 0.25) is 0 Å². The Hall–Kier alpha value is -3.29. The van der Waals surface area contributed by atoms with Crippen molar-refractivity contribution < 1.29 is 9.85 Å². The molecular formula is C17H18N4O4. The van der Waals surface area contributed by atoms with Gasteiger partial charge < -0.3 is 0 Å². The van der Waals surface area contributed by atoms with Crippen LogP contribution in [-0.2, 0) is 0 Å². The minimum absolute atomic E-state index is 0.104. The Morgan fingerprint density at radius 1 is 1.08 bits per heavy atom. The van der Waals surface area contributed by atoms with Crippen LogP contribution in [0.5, 0.6) is 0 Å². The van der Waals surface area contributed by atoms with Crippen molar-refractivity contribution in [3.05, 3.63) is 74.3 Å². The summed E-state index contributed by atoms with van der Waals surface area (Å²) < 4.78 is 0. The number of hydrazone groups is 1. The summed E-state index contributed by atoms with van der Waals surface area (Å²) in [6.45, 7) is 4.10. The predicted molar refractivity (Wildman–Crippen MR) is 95.8 cm³/mol. The largest absolute Gasteiger partial charge is 0.301 e. The molecule has 0 aromatic heterocycles. The maximum absolute atomic E-state index is 11.2. The number of nitrogens with one attached hydrogen (secondary N) is 1. The lowest BCUT2D eigenvalue weighted by Gasteiger charge is -2.10. The molecule has 0 amide bonds. The van der Waals surface area contributed by atoms with Crippen molar-refractivity contribution in [3.63, 3.8) is 0 Å². The van der Waals surface area contributed by atoms with Crippen LogP contribution in [0.3, 0.4) is 0 Å². The number of nitro benzene ring substituents is 2. The molecule has 0 aliphatic carbocycles. The molecule has 0 unspecified atom stereocenters. The van der Waals surface area contributed by atoms with Crippen LogP contribution in [0.25, 0.3) is 0 Å². The molecule has 0 spiro atoms. The topological polar surface area (TPSA) is 111 Å². The third-order valence-corrected chi connectivity index (χ3v) is 3.41. The van der Waals surface area contributed by atoms with Gasteiger partial charge in [0.1, 0.15) is 5.69 Å². The third kappa shape index (κ3) is 4.84. The van der Waals surface area contributed by atoms with Gasteiger partial charge in [-0.05, 0) is 24.0 Å². The van der Waals surface area contributed by atoms with Gasteiger partial charge in [-0.15, -0.1) is 0 Å². The molecule has 2 aromatic rings. The second-order valence-corrected chi connectivity index (χ2v) is 5.85. The van der Waals surface area contributed by atoms with Crippen molar-refractivity contribution in [2.24, 2.45) is 11.0 Å². The Kier molecular flexibility index (Phi) is 5.78. The van der Waals surface area contributed by atoms with E-state index in [2.05, 4.69) is 10.5 Å². The number of benzene rings is 2. The molecule has 2 aromatic carbocycles. The van der Waals surface area contributed by atoms with E-state index in [1.807, 2.05) is 44.2 Å². The summed E-state index contributed by atoms with van der Waals surface area (Å²) in [5.41, 5.74) is 3.72. The highest BCUT2D eigenvalue weighted by Gasteiger charge is 2.19. The summed E-state index contributed by atoms with van der Waals surface area (Å²) in [6, 6.07) is 12.9. The molecule has 0 atom stereocenters. The van der Waals surface area contributed by atoms with E-state index in [1.165, 1.54) is 12.1 Å². The highest BCUT2D eigenvalue weighted by Crippen LogP contribution is 2.29. The van der Waals surface area contributed by atoms with Gasteiger partial charge in [0.25, 0.3) is 5.69 Å². The molecule has 0 aliphatic heterocycles. The highest BCUT2D eigenvalue weighted by molar-refractivity contribution is 6.01. The molecule has 2 rings (SSSR count). The molecule has 130 valence electrons. The summed E-state index contributed by atoms with van der Waals surface area (Å²) in [5.74, 6) is 0.340. The molecule has 0 bridgehead atoms. The second-order valence-electron chi connectivity index (χ2n) is 5.85. The van der Waals surface area contributed by atoms with Gasteiger partial charge in [-0.25, -0.2) is 0 Å². The minimum Gasteiger partial charge on any atom is -0.271 e. The SMILES string of the molecule is CC(C)CC(=NNc1ccc([N+](=O)[O-])cc1[N+](=O)[O-])c1ccccc1. The van der Waals surface area contributed by atoms with Crippen LogP contribution in [0.15, 0.2) is 53.6 Å². The van der Waals surface area contributed by atoms with Gasteiger partial charge >= 0.3 is 5.69 Å². The van der Waals surface area contributed by atoms with Crippen LogP contribution in [0.1, 0.15) is 25.8 Å². The minimum atomic E-state index is -0.672. The van der Waals surface area contributed by atoms with Crippen LogP contribution >= 0.6 is 0 Å². The first kappa shape index (κ1) is 18.1. The smallest absolute Gasteiger partial charge is 0.271 e. The molecule has 0 radical (unpaired) electrons. The van der Waals surface area contributed by atoms with E-state index in [1.54, 1.807) is 0 Å². The average Bonchev–Trinajstić information content (AvgIpc) is 2.58. The van der Waals surface area contributed by atoms with Crippen molar-refractivity contribution in [1.29, 1.82) is 0 Å². The molecule has 8 heteroatoms. The predicted octanol–water partition coefficient (Wildman–Crippen LogP) is 4.37. The molecule has 1 N–H and O–H groups in total. The van der Waals surface area contributed by atoms with Gasteiger partial charge in [0, 0.05) is 6.07 Å². The number of rotatable bonds is 7. The zero-order chi connectivity index (χ0) is 18.4. The lowest BCUT2D eigenvalue weighted by atomic mass is 10.0. The maximum atomic E-state index is 11.2. The number of nitrogens with zero attached hydrogens (tertiary/aromatic N) is 3. The highest BCUT2D eigenvalue weighted by atomic mass is 16.6. The molecule has 0 aliphatic rings. The first-order chi connectivity index (χ1) is 11.9. The average molecular weight is 342 g/mol. The summed E-state index contributed by atoms with van der Waals surface area (Å²) in [5, 5.41) is 26.3. The van der Waals surface area contributed by atoms with Crippen LogP contribution < -0.4 is 5.43 Å². The summed E-state index contributed by atoms with van der Waals surface area (Å²) in [6.07, 6.45) is 0.678. The Bertz CT molecular complexity index is 804. The molecule has 25 heavy (non-hydrogen) atoms. The maximum Gasteiger partial charge on any atom is 0.301 e. The van der Waals surface area contributed by atoms with Gasteiger partial charge in [-0.2, -0.15) is 5.10 Å². The molecular weight excluding hydrogens is 324 g/mol. The van der Waals surface area contributed by atoms with E-state index >= 15 is 0 Å². The second kappa shape index (κ2) is 8.00. The molecule has 0 saturated heterocycles. The van der Waals surface area contributed by atoms with Crippen molar-refractivity contribution in [2.45, 2.75) is 20.3 Å². The fourth-order valence-electron chi connectivity index (χ4n) is 2.25. The molecule has 8 nitrogen and oxygen atoms in total. The van der Waals surface area contributed by atoms with Crippen LogP contribution in [0, 0.1) is 26.1 Å². The van der Waals surface area contributed by atoms with Crippen molar-refractivity contribution in [3.8, 4) is 0 Å². The quantitative estimate of drug-likeness (QED) is 0.456. The number of hydrogen-bond acceptors (Lipinski definition) is 6. The van der Waals surface area contributed by atoms with E-state index in [-0.39, 0.29) is 11.4 Å². The fourth-order valence-corrected chi connectivity index (χ4v) is 2.25. The number of nitro groups is 2. The van der Waals surface area contributed by atoms with E-state index in [9.17, 15) is 20.2 Å². The summed E-state index contributed by atoms with van der Waals surface area (Å²) in [4.78, 5) is 20.6. The molecule has 0 fully saturated rings. The lowest BCUT2D eigenvalue weighted by molar-refractivity contribution is -0.393. The van der Waals surface area contributed by atoms with Crippen LogP contribution in [-0.4, -0.2) is 15.6 Å². The fraction of sp³-hybridized carbons (Fsp3) is 0.235. The monoisotopic (exact) mass is 342 g/mol. The van der Waals surface area contributed by atoms with Crippen molar-refractivity contribution in [1.82, 2.24) is 0 Å². The number of hydrogen-bond donors (Lipinski definition) is 1. The van der Waals surface area contributed by atoms with Gasteiger partial charge in [0.05, 0.1) is 21.6 Å². The Morgan fingerprint density at radius 3 is 2.32 bits per heavy atom. The Morgan fingerprint density at radius 2 is 1.76 bits per heavy atom. The van der Waals surface area contributed by atoms with E-state index in [4.69, 9.17) is 0 Å². The molecule has 0 heterocycles. The number of non-ortho nitro benzene ring substituents is 1. The number of anilines is 1. The summed E-state index contributed by atoms with van der Waals surface area (Å²) in [7, 11) is 0. The zero-order valence-electron chi connectivity index (χ0n) is 13.9. The van der Waals surface area contributed by atoms with E-state index in [0.29, 0.717) is 12.3 Å². The normalized spacial score (nSPS) is 11.4. The standard InChI is InChI=1S/C17H18N4O4/c1-12(2)10-16(13-6-4-3-5-7-13)19-18-15-9-8-14(20(22)23)11-17(15)21(24)25/h3-9,11-12,18H,10H2,1-2H3. The van der Waals surface area contributed by atoms with Gasteiger partial charge in [-0.3, -0.25) is 25.7 Å². The first-order valence-electron chi connectivity index (χ1n) is 7.69. The Balaban J connectivity index is 2.37. The summed E-state index contributed by atoms with van der Waals surface area (Å²) >= 11 is 0. The van der Waals surface area contributed by atoms with E-state index < -0.39 is 15.5 Å². The third-order valence-electron chi connectivity index (χ3n) is 3.41. The molecule has 0 saturated carbocycles. The van der Waals surface area contributed by atoms with Crippen LogP contribution in [0.2, 0.25) is 0 Å². The lowest BCUT2D eigenvalue weighted by Crippen LogP contribution is -2.08. The van der Waals surface area contributed by atoms with Gasteiger partial charge in [-0.1, -0.05) is 44.2 Å². The van der Waals surface area contributed by atoms with E-state index in [0.717, 1.165) is 17.3 Å². The first-order valence-corrected chi connectivity index (χ1v) is 7.69. The zero-order valence-corrected chi connectivity index (χ0v) is 13.9. The Labute approximate surface area is 144 Å². The van der Waals surface area contributed by atoms with Crippen molar-refractivity contribution >= 4 is 22.8 Å². The van der Waals surface area contributed by atoms with Gasteiger partial charge in [0.15, 0.2) is 0 Å². The van der Waals surface area contributed by atoms with Crippen molar-refractivity contribution in [2.75, 3.05) is 5.43 Å². The van der Waals surface area contributed by atoms with Crippen LogP contribution in [0.4, 0.5) is 17.1 Å².